The lowest BCUT2D eigenvalue weighted by molar-refractivity contribution is -0.119. The second kappa shape index (κ2) is 10.8. The van der Waals surface area contributed by atoms with E-state index in [2.05, 4.69) is 10.3 Å². The summed E-state index contributed by atoms with van der Waals surface area (Å²) in [4.78, 5) is 41.3. The highest BCUT2D eigenvalue weighted by Crippen LogP contribution is 2.18. The number of carbonyl (C=O) groups excluding carboxylic acids is 1. The largest absolute Gasteiger partial charge is 0.383 e. The summed E-state index contributed by atoms with van der Waals surface area (Å²) in [5.41, 5.74) is 6.07. The van der Waals surface area contributed by atoms with E-state index in [0.717, 1.165) is 5.56 Å². The zero-order valence-corrected chi connectivity index (χ0v) is 18.6. The van der Waals surface area contributed by atoms with Crippen LogP contribution in [0.5, 0.6) is 0 Å². The number of H-pyrrole nitrogens is 1. The van der Waals surface area contributed by atoms with Crippen molar-refractivity contribution in [2.45, 2.75) is 40.7 Å². The van der Waals surface area contributed by atoms with Gasteiger partial charge in [-0.3, -0.25) is 19.1 Å². The predicted octanol–water partition coefficient (Wildman–Crippen LogP) is 1.74. The topological polar surface area (TPSA) is 113 Å². The van der Waals surface area contributed by atoms with Crippen molar-refractivity contribution >= 4 is 17.4 Å². The number of aromatic nitrogens is 2. The first-order chi connectivity index (χ1) is 14.6. The van der Waals surface area contributed by atoms with Crippen molar-refractivity contribution in [2.75, 3.05) is 30.3 Å². The van der Waals surface area contributed by atoms with Gasteiger partial charge in [-0.15, -0.1) is 0 Å². The summed E-state index contributed by atoms with van der Waals surface area (Å²) in [6.45, 7) is 8.88. The van der Waals surface area contributed by atoms with Crippen LogP contribution in [-0.2, 0) is 17.8 Å². The van der Waals surface area contributed by atoms with Gasteiger partial charge in [0.25, 0.3) is 5.56 Å². The van der Waals surface area contributed by atoms with E-state index in [1.807, 2.05) is 27.7 Å². The fraction of sp³-hybridized carbons (Fsp3) is 0.500. The number of anilines is 2. The van der Waals surface area contributed by atoms with Gasteiger partial charge in [-0.2, -0.15) is 0 Å². The minimum Gasteiger partial charge on any atom is -0.383 e. The maximum atomic E-state index is 13.0. The number of halogens is 1. The molecule has 8 nitrogen and oxygen atoms in total. The van der Waals surface area contributed by atoms with Gasteiger partial charge in [0.2, 0.25) is 5.91 Å². The molecule has 1 aromatic carbocycles. The minimum absolute atomic E-state index is 0.0576. The van der Waals surface area contributed by atoms with Crippen LogP contribution in [0.2, 0.25) is 0 Å². The Balaban J connectivity index is 2.17. The van der Waals surface area contributed by atoms with Crippen LogP contribution in [0.15, 0.2) is 33.9 Å². The van der Waals surface area contributed by atoms with Crippen LogP contribution in [-0.4, -0.2) is 35.1 Å². The van der Waals surface area contributed by atoms with Gasteiger partial charge in [-0.05, 0) is 36.0 Å². The Morgan fingerprint density at radius 1 is 1.16 bits per heavy atom. The summed E-state index contributed by atoms with van der Waals surface area (Å²) < 4.78 is 14.3. The van der Waals surface area contributed by atoms with Crippen LogP contribution < -0.4 is 27.2 Å². The maximum absolute atomic E-state index is 13.0. The van der Waals surface area contributed by atoms with Crippen molar-refractivity contribution < 1.29 is 9.18 Å². The van der Waals surface area contributed by atoms with Crippen LogP contribution in [0.1, 0.15) is 33.3 Å². The molecule has 0 bridgehead atoms. The molecule has 31 heavy (non-hydrogen) atoms. The maximum Gasteiger partial charge on any atom is 0.330 e. The summed E-state index contributed by atoms with van der Waals surface area (Å²) in [6, 6.07) is 6.10. The normalized spacial score (nSPS) is 11.2. The molecule has 2 rings (SSSR count). The number of nitrogens with zero attached hydrogens (tertiary/aromatic N) is 2. The lowest BCUT2D eigenvalue weighted by atomic mass is 10.1. The third-order valence-electron chi connectivity index (χ3n) is 4.65. The molecule has 4 N–H and O–H groups in total. The van der Waals surface area contributed by atoms with Gasteiger partial charge in [0.1, 0.15) is 17.3 Å². The van der Waals surface area contributed by atoms with Crippen LogP contribution in [0.4, 0.5) is 15.9 Å². The Morgan fingerprint density at radius 3 is 2.39 bits per heavy atom. The summed E-state index contributed by atoms with van der Waals surface area (Å²) in [6.07, 6.45) is 0.554. The molecule has 170 valence electrons. The van der Waals surface area contributed by atoms with Crippen molar-refractivity contribution in [1.82, 2.24) is 14.9 Å². The average Bonchev–Trinajstić information content (AvgIpc) is 2.66. The fourth-order valence-electron chi connectivity index (χ4n) is 3.33. The average molecular weight is 434 g/mol. The van der Waals surface area contributed by atoms with Crippen LogP contribution in [0, 0.1) is 17.7 Å². The first-order valence-electron chi connectivity index (χ1n) is 10.5. The Bertz CT molecular complexity index is 996. The van der Waals surface area contributed by atoms with E-state index in [1.54, 1.807) is 17.0 Å². The number of hydrogen-bond acceptors (Lipinski definition) is 5. The third kappa shape index (κ3) is 6.97. The van der Waals surface area contributed by atoms with E-state index in [4.69, 9.17) is 5.73 Å². The highest BCUT2D eigenvalue weighted by atomic mass is 19.1. The number of nitrogen functional groups attached to an aromatic ring is 1. The van der Waals surface area contributed by atoms with Crippen molar-refractivity contribution in [3.63, 3.8) is 0 Å². The number of rotatable bonds is 10. The molecule has 0 spiro atoms. The number of aromatic amines is 1. The molecule has 1 heterocycles. The number of hydrogen-bond donors (Lipinski definition) is 3. The van der Waals surface area contributed by atoms with E-state index in [1.165, 1.54) is 16.7 Å². The van der Waals surface area contributed by atoms with Crippen LogP contribution in [0.3, 0.4) is 0 Å². The molecule has 0 saturated carbocycles. The third-order valence-corrected chi connectivity index (χ3v) is 4.65. The van der Waals surface area contributed by atoms with Gasteiger partial charge < -0.3 is 16.0 Å². The van der Waals surface area contributed by atoms with E-state index in [0.29, 0.717) is 26.1 Å². The number of nitrogens with two attached hydrogens (primary N) is 1. The fourth-order valence-corrected chi connectivity index (χ4v) is 3.33. The van der Waals surface area contributed by atoms with Gasteiger partial charge in [-0.1, -0.05) is 39.8 Å². The number of benzene rings is 1. The van der Waals surface area contributed by atoms with Crippen molar-refractivity contribution in [1.29, 1.82) is 0 Å². The van der Waals surface area contributed by atoms with Gasteiger partial charge >= 0.3 is 5.69 Å². The molecule has 0 aliphatic carbocycles. The highest BCUT2D eigenvalue weighted by molar-refractivity contribution is 5.82. The van der Waals surface area contributed by atoms with E-state index < -0.39 is 11.2 Å². The monoisotopic (exact) mass is 433 g/mol. The molecule has 0 aliphatic heterocycles. The molecule has 0 saturated heterocycles. The summed E-state index contributed by atoms with van der Waals surface area (Å²) in [7, 11) is 0. The lowest BCUT2D eigenvalue weighted by Crippen LogP contribution is -2.44. The second-order valence-electron chi connectivity index (χ2n) is 8.50. The summed E-state index contributed by atoms with van der Waals surface area (Å²) >= 11 is 0. The molecule has 0 atom stereocenters. The van der Waals surface area contributed by atoms with Crippen LogP contribution >= 0.6 is 0 Å². The first-order valence-corrected chi connectivity index (χ1v) is 10.5. The molecular weight excluding hydrogens is 401 g/mol. The summed E-state index contributed by atoms with van der Waals surface area (Å²) in [5, 5.41) is 2.82. The predicted molar refractivity (Wildman–Crippen MR) is 121 cm³/mol. The van der Waals surface area contributed by atoms with Crippen molar-refractivity contribution in [3.8, 4) is 0 Å². The van der Waals surface area contributed by atoms with Crippen molar-refractivity contribution in [2.24, 2.45) is 11.8 Å². The standard InChI is InChI=1S/C22H32FN5O3/c1-14(2)11-27(13-18(29)25-10-9-16-5-7-17(23)8-6-16)19-20(24)28(12-15(3)4)22(31)26-21(19)30/h5-8,14-15H,9-13,24H2,1-4H3,(H,25,29)(H,26,30,31). The zero-order valence-electron chi connectivity index (χ0n) is 18.6. The Morgan fingerprint density at radius 2 is 1.81 bits per heavy atom. The minimum atomic E-state index is -0.609. The van der Waals surface area contributed by atoms with E-state index in [9.17, 15) is 18.8 Å². The quantitative estimate of drug-likeness (QED) is 0.528. The highest BCUT2D eigenvalue weighted by Gasteiger charge is 2.22. The van der Waals surface area contributed by atoms with Crippen molar-refractivity contribution in [3.05, 3.63) is 56.5 Å². The number of carbonyl (C=O) groups is 1. The van der Waals surface area contributed by atoms with Gasteiger partial charge in [0.05, 0.1) is 6.54 Å². The van der Waals surface area contributed by atoms with Gasteiger partial charge in [0, 0.05) is 19.6 Å². The van der Waals surface area contributed by atoms with E-state index in [-0.39, 0.29) is 41.6 Å². The molecule has 1 aromatic heterocycles. The van der Waals surface area contributed by atoms with Gasteiger partial charge in [0.15, 0.2) is 0 Å². The van der Waals surface area contributed by atoms with E-state index >= 15 is 0 Å². The molecule has 0 radical (unpaired) electrons. The SMILES string of the molecule is CC(C)CN(CC(=O)NCCc1ccc(F)cc1)c1c(N)n(CC(C)C)c(=O)[nH]c1=O. The Labute approximate surface area is 181 Å². The second-order valence-corrected chi connectivity index (χ2v) is 8.50. The lowest BCUT2D eigenvalue weighted by Gasteiger charge is -2.27. The number of amides is 1. The molecule has 1 amide bonds. The smallest absolute Gasteiger partial charge is 0.330 e. The van der Waals surface area contributed by atoms with Crippen LogP contribution in [0.25, 0.3) is 0 Å². The number of nitrogens with one attached hydrogen (secondary N) is 2. The Kier molecular flexibility index (Phi) is 8.41. The molecule has 0 aliphatic rings. The molecule has 2 aromatic rings. The molecular formula is C22H32FN5O3. The zero-order chi connectivity index (χ0) is 23.1. The summed E-state index contributed by atoms with van der Waals surface area (Å²) in [5.74, 6) is -0.229. The first kappa shape index (κ1) is 24.2. The molecule has 0 unspecified atom stereocenters. The Hall–Kier alpha value is -3.10. The molecule has 0 fully saturated rings. The molecule has 9 heteroatoms. The van der Waals surface area contributed by atoms with Gasteiger partial charge in [-0.25, -0.2) is 9.18 Å².